The van der Waals surface area contributed by atoms with E-state index in [1.165, 1.54) is 0 Å². The molecule has 0 spiro atoms. The van der Waals surface area contributed by atoms with Gasteiger partial charge in [-0.25, -0.2) is 4.98 Å². The molecular formula is C13H21N3O2S. The first-order valence-electron chi connectivity index (χ1n) is 6.71. The summed E-state index contributed by atoms with van der Waals surface area (Å²) in [6.07, 6.45) is 0. The van der Waals surface area contributed by atoms with Crippen LogP contribution >= 0.6 is 11.8 Å². The van der Waals surface area contributed by atoms with Gasteiger partial charge in [0, 0.05) is 43.0 Å². The van der Waals surface area contributed by atoms with E-state index in [9.17, 15) is 4.79 Å². The third-order valence-electron chi connectivity index (χ3n) is 3.07. The average Bonchev–Trinajstić information content (AvgIpc) is 2.42. The number of hydrogen-bond acceptors (Lipinski definition) is 5. The molecule has 0 bridgehead atoms. The molecule has 0 amide bonds. The van der Waals surface area contributed by atoms with Crippen LogP contribution in [0.5, 0.6) is 0 Å². The van der Waals surface area contributed by atoms with Gasteiger partial charge in [0.1, 0.15) is 0 Å². The van der Waals surface area contributed by atoms with Gasteiger partial charge in [-0.15, -0.1) is 0 Å². The molecule has 0 atom stereocenters. The van der Waals surface area contributed by atoms with E-state index in [0.29, 0.717) is 19.8 Å². The lowest BCUT2D eigenvalue weighted by molar-refractivity contribution is 0.138. The predicted octanol–water partition coefficient (Wildman–Crippen LogP) is 1.14. The second kappa shape index (κ2) is 6.96. The summed E-state index contributed by atoms with van der Waals surface area (Å²) in [5, 5.41) is 0. The molecule has 1 fully saturated rings. The Morgan fingerprint density at radius 1 is 1.42 bits per heavy atom. The highest BCUT2D eigenvalue weighted by atomic mass is 32.2. The third kappa shape index (κ3) is 3.73. The summed E-state index contributed by atoms with van der Waals surface area (Å²) in [6, 6.07) is 1.59. The van der Waals surface area contributed by atoms with Gasteiger partial charge in [-0.2, -0.15) is 11.8 Å². The van der Waals surface area contributed by atoms with E-state index in [0.717, 1.165) is 36.2 Å². The van der Waals surface area contributed by atoms with Crippen LogP contribution in [0.2, 0.25) is 0 Å². The van der Waals surface area contributed by atoms with Crippen molar-refractivity contribution >= 4 is 17.7 Å². The Labute approximate surface area is 118 Å². The zero-order valence-electron chi connectivity index (χ0n) is 11.6. The Morgan fingerprint density at radius 3 is 2.84 bits per heavy atom. The average molecular weight is 283 g/mol. The molecule has 0 radical (unpaired) electrons. The summed E-state index contributed by atoms with van der Waals surface area (Å²) in [5.74, 6) is 2.98. The molecular weight excluding hydrogens is 262 g/mol. The lowest BCUT2D eigenvalue weighted by atomic mass is 10.4. The molecule has 106 valence electrons. The molecule has 1 aromatic heterocycles. The van der Waals surface area contributed by atoms with Gasteiger partial charge >= 0.3 is 0 Å². The fourth-order valence-electron chi connectivity index (χ4n) is 2.12. The third-order valence-corrected chi connectivity index (χ3v) is 4.02. The fraction of sp³-hybridized carbons (Fsp3) is 0.692. The van der Waals surface area contributed by atoms with Gasteiger partial charge < -0.3 is 9.64 Å². The molecule has 0 aromatic carbocycles. The van der Waals surface area contributed by atoms with Crippen LogP contribution in [0, 0.1) is 6.92 Å². The number of thioether (sulfide) groups is 1. The van der Waals surface area contributed by atoms with Crippen LogP contribution in [0.3, 0.4) is 0 Å². The SMILES string of the molecule is CCOCCn1c(N2CCSCC2)nc(C)cc1=O. The van der Waals surface area contributed by atoms with Crippen LogP contribution < -0.4 is 10.5 Å². The summed E-state index contributed by atoms with van der Waals surface area (Å²) in [5.41, 5.74) is 0.798. The van der Waals surface area contributed by atoms with Gasteiger partial charge in [0.25, 0.3) is 5.56 Å². The zero-order chi connectivity index (χ0) is 13.7. The van der Waals surface area contributed by atoms with E-state index in [1.54, 1.807) is 10.6 Å². The highest BCUT2D eigenvalue weighted by molar-refractivity contribution is 7.99. The number of hydrogen-bond donors (Lipinski definition) is 0. The smallest absolute Gasteiger partial charge is 0.255 e. The standard InChI is InChI=1S/C13H21N3O2S/c1-3-18-7-4-16-12(17)10-11(2)14-13(16)15-5-8-19-9-6-15/h10H,3-9H2,1-2H3. The Morgan fingerprint density at radius 2 is 2.16 bits per heavy atom. The van der Waals surface area contributed by atoms with Crippen LogP contribution in [0.25, 0.3) is 0 Å². The highest BCUT2D eigenvalue weighted by Gasteiger charge is 2.17. The van der Waals surface area contributed by atoms with E-state index < -0.39 is 0 Å². The van der Waals surface area contributed by atoms with Crippen molar-refractivity contribution in [2.24, 2.45) is 0 Å². The van der Waals surface area contributed by atoms with E-state index in [-0.39, 0.29) is 5.56 Å². The van der Waals surface area contributed by atoms with Gasteiger partial charge in [0.05, 0.1) is 13.2 Å². The molecule has 1 saturated heterocycles. The summed E-state index contributed by atoms with van der Waals surface area (Å²) in [7, 11) is 0. The molecule has 2 rings (SSSR count). The van der Waals surface area contributed by atoms with Crippen molar-refractivity contribution in [3.8, 4) is 0 Å². The summed E-state index contributed by atoms with van der Waals surface area (Å²) >= 11 is 1.95. The second-order valence-electron chi connectivity index (χ2n) is 4.48. The first-order valence-corrected chi connectivity index (χ1v) is 7.86. The van der Waals surface area contributed by atoms with Gasteiger partial charge in [0.15, 0.2) is 0 Å². The molecule has 0 unspecified atom stereocenters. The lowest BCUT2D eigenvalue weighted by Gasteiger charge is -2.29. The van der Waals surface area contributed by atoms with Gasteiger partial charge in [-0.1, -0.05) is 0 Å². The Hall–Kier alpha value is -1.01. The maximum atomic E-state index is 12.1. The molecule has 5 nitrogen and oxygen atoms in total. The predicted molar refractivity (Wildman–Crippen MR) is 79.3 cm³/mol. The maximum absolute atomic E-state index is 12.1. The second-order valence-corrected chi connectivity index (χ2v) is 5.71. The van der Waals surface area contributed by atoms with Crippen LogP contribution in [0.4, 0.5) is 5.95 Å². The minimum Gasteiger partial charge on any atom is -0.380 e. The Kier molecular flexibility index (Phi) is 5.27. The van der Waals surface area contributed by atoms with Gasteiger partial charge in [0.2, 0.25) is 5.95 Å². The first kappa shape index (κ1) is 14.4. The maximum Gasteiger partial charge on any atom is 0.255 e. The Bertz CT molecular complexity index is 469. The van der Waals surface area contributed by atoms with Crippen molar-refractivity contribution < 1.29 is 4.74 Å². The largest absolute Gasteiger partial charge is 0.380 e. The Balaban J connectivity index is 2.25. The topological polar surface area (TPSA) is 47.4 Å². The molecule has 1 aromatic rings. The van der Waals surface area contributed by atoms with Gasteiger partial charge in [-0.3, -0.25) is 9.36 Å². The molecule has 0 aliphatic carbocycles. The van der Waals surface area contributed by atoms with Crippen molar-refractivity contribution in [3.63, 3.8) is 0 Å². The zero-order valence-corrected chi connectivity index (χ0v) is 12.4. The summed E-state index contributed by atoms with van der Waals surface area (Å²) in [6.45, 7) is 7.53. The normalized spacial score (nSPS) is 15.8. The molecule has 19 heavy (non-hydrogen) atoms. The first-order chi connectivity index (χ1) is 9.22. The van der Waals surface area contributed by atoms with E-state index in [4.69, 9.17) is 4.74 Å². The lowest BCUT2D eigenvalue weighted by Crippen LogP contribution is -2.38. The van der Waals surface area contributed by atoms with Crippen LogP contribution in [0.15, 0.2) is 10.9 Å². The van der Waals surface area contributed by atoms with Crippen molar-refractivity contribution in [2.45, 2.75) is 20.4 Å². The minimum absolute atomic E-state index is 0.0143. The fourth-order valence-corrected chi connectivity index (χ4v) is 3.02. The molecule has 6 heteroatoms. The number of rotatable bonds is 5. The molecule has 1 aliphatic rings. The van der Waals surface area contributed by atoms with Gasteiger partial charge in [-0.05, 0) is 13.8 Å². The molecule has 2 heterocycles. The van der Waals surface area contributed by atoms with E-state index in [2.05, 4.69) is 9.88 Å². The van der Waals surface area contributed by atoms with E-state index >= 15 is 0 Å². The van der Waals surface area contributed by atoms with Crippen molar-refractivity contribution in [2.75, 3.05) is 42.7 Å². The number of ether oxygens (including phenoxy) is 1. The van der Waals surface area contributed by atoms with Crippen molar-refractivity contribution in [1.29, 1.82) is 0 Å². The number of nitrogens with zero attached hydrogens (tertiary/aromatic N) is 3. The number of aromatic nitrogens is 2. The van der Waals surface area contributed by atoms with Crippen molar-refractivity contribution in [1.82, 2.24) is 9.55 Å². The number of aryl methyl sites for hydroxylation is 1. The quantitative estimate of drug-likeness (QED) is 0.759. The number of anilines is 1. The van der Waals surface area contributed by atoms with Crippen LogP contribution in [-0.2, 0) is 11.3 Å². The van der Waals surface area contributed by atoms with Crippen LogP contribution in [-0.4, -0.2) is 47.4 Å². The van der Waals surface area contributed by atoms with Crippen molar-refractivity contribution in [3.05, 3.63) is 22.1 Å². The van der Waals surface area contributed by atoms with E-state index in [1.807, 2.05) is 25.6 Å². The molecule has 0 saturated carbocycles. The molecule has 1 aliphatic heterocycles. The summed E-state index contributed by atoms with van der Waals surface area (Å²) < 4.78 is 7.09. The highest BCUT2D eigenvalue weighted by Crippen LogP contribution is 2.16. The minimum atomic E-state index is 0.0143. The molecule has 0 N–H and O–H groups in total. The summed E-state index contributed by atoms with van der Waals surface area (Å²) in [4.78, 5) is 18.9. The van der Waals surface area contributed by atoms with Crippen LogP contribution in [0.1, 0.15) is 12.6 Å². The monoisotopic (exact) mass is 283 g/mol.